The Kier molecular flexibility index (Phi) is 2.91. The number of hydrogen-bond donors (Lipinski definition) is 0. The fourth-order valence-electron chi connectivity index (χ4n) is 2.15. The van der Waals surface area contributed by atoms with Crippen LogP contribution in [0.15, 0.2) is 23.2 Å². The van der Waals surface area contributed by atoms with Gasteiger partial charge in [-0.15, -0.1) is 0 Å². The maximum absolute atomic E-state index is 11.9. The van der Waals surface area contributed by atoms with E-state index in [2.05, 4.69) is 22.5 Å². The van der Waals surface area contributed by atoms with Crippen LogP contribution in [0, 0.1) is 13.8 Å². The minimum atomic E-state index is -0.477. The molecular weight excluding hydrogens is 282 g/mol. The van der Waals surface area contributed by atoms with E-state index < -0.39 is 11.7 Å². The van der Waals surface area contributed by atoms with E-state index in [1.54, 1.807) is 6.07 Å². The van der Waals surface area contributed by atoms with Crippen LogP contribution >= 0.6 is 15.9 Å². The van der Waals surface area contributed by atoms with Crippen molar-refractivity contribution in [1.29, 1.82) is 0 Å². The van der Waals surface area contributed by atoms with Crippen LogP contribution in [-0.4, -0.2) is 18.2 Å². The minimum Gasteiger partial charge on any atom is -0.300 e. The number of fused-ring (bicyclic) bond motifs is 1. The molecule has 0 saturated carbocycles. The Balaban J connectivity index is 2.60. The zero-order valence-corrected chi connectivity index (χ0v) is 11.3. The summed E-state index contributed by atoms with van der Waals surface area (Å²) in [4.78, 5) is 25.2. The van der Waals surface area contributed by atoms with Gasteiger partial charge in [-0.1, -0.05) is 28.6 Å². The van der Waals surface area contributed by atoms with Gasteiger partial charge in [-0.25, -0.2) is 0 Å². The highest BCUT2D eigenvalue weighted by Crippen LogP contribution is 2.34. The van der Waals surface area contributed by atoms with E-state index in [1.807, 2.05) is 19.9 Å². The number of ketones is 1. The van der Waals surface area contributed by atoms with E-state index in [0.717, 1.165) is 11.1 Å². The molecule has 17 heavy (non-hydrogen) atoms. The van der Waals surface area contributed by atoms with E-state index in [9.17, 15) is 9.59 Å². The molecule has 1 amide bonds. The van der Waals surface area contributed by atoms with E-state index in [1.165, 1.54) is 4.90 Å². The lowest BCUT2D eigenvalue weighted by atomic mass is 10.0. The first-order valence-corrected chi connectivity index (χ1v) is 6.02. The van der Waals surface area contributed by atoms with Crippen molar-refractivity contribution in [2.75, 3.05) is 11.4 Å². The normalized spacial score (nSPS) is 14.2. The topological polar surface area (TPSA) is 37.4 Å². The number of amides is 1. The van der Waals surface area contributed by atoms with Crippen molar-refractivity contribution in [2.45, 2.75) is 13.8 Å². The van der Waals surface area contributed by atoms with Crippen LogP contribution in [0.3, 0.4) is 0 Å². The first-order valence-electron chi connectivity index (χ1n) is 5.22. The molecule has 0 N–H and O–H groups in total. The predicted octanol–water partition coefficient (Wildman–Crippen LogP) is 2.74. The molecule has 0 aromatic heterocycles. The highest BCUT2D eigenvalue weighted by atomic mass is 79.9. The molecule has 0 aliphatic carbocycles. The molecule has 0 atom stereocenters. The van der Waals surface area contributed by atoms with Crippen LogP contribution < -0.4 is 4.90 Å². The van der Waals surface area contributed by atoms with Crippen molar-refractivity contribution in [3.63, 3.8) is 0 Å². The van der Waals surface area contributed by atoms with Gasteiger partial charge in [-0.3, -0.25) is 14.5 Å². The van der Waals surface area contributed by atoms with Crippen molar-refractivity contribution in [2.24, 2.45) is 0 Å². The molecular formula is C13H12BrNO2. The second-order valence-corrected chi connectivity index (χ2v) is 5.34. The second-order valence-electron chi connectivity index (χ2n) is 4.22. The lowest BCUT2D eigenvalue weighted by molar-refractivity contribution is -0.114. The van der Waals surface area contributed by atoms with Crippen molar-refractivity contribution >= 4 is 33.3 Å². The number of anilines is 1. The van der Waals surface area contributed by atoms with Gasteiger partial charge in [0.05, 0.1) is 17.8 Å². The van der Waals surface area contributed by atoms with Gasteiger partial charge in [0.1, 0.15) is 0 Å². The average Bonchev–Trinajstić information content (AvgIpc) is 2.43. The molecule has 0 radical (unpaired) electrons. The van der Waals surface area contributed by atoms with Gasteiger partial charge in [0, 0.05) is 4.48 Å². The molecule has 88 valence electrons. The molecule has 1 aliphatic heterocycles. The van der Waals surface area contributed by atoms with Gasteiger partial charge in [-0.05, 0) is 31.0 Å². The molecule has 3 nitrogen and oxygen atoms in total. The molecule has 1 heterocycles. The molecule has 0 fully saturated rings. The van der Waals surface area contributed by atoms with Crippen LogP contribution in [0.2, 0.25) is 0 Å². The van der Waals surface area contributed by atoms with E-state index in [-0.39, 0.29) is 0 Å². The van der Waals surface area contributed by atoms with Crippen molar-refractivity contribution in [1.82, 2.24) is 0 Å². The number of halogens is 1. The van der Waals surface area contributed by atoms with E-state index in [0.29, 0.717) is 22.3 Å². The summed E-state index contributed by atoms with van der Waals surface area (Å²) in [6, 6.07) is 3.73. The Morgan fingerprint density at radius 1 is 1.35 bits per heavy atom. The van der Waals surface area contributed by atoms with Gasteiger partial charge in [-0.2, -0.15) is 0 Å². The number of Topliss-reactive ketones (excluding diaryl/α,β-unsaturated/α-hetero) is 1. The standard InChI is InChI=1S/C13H12BrNO2/c1-7-4-8(2)11-10(5-7)12(16)13(17)15(11)6-9(3)14/h4-5H,3,6H2,1-2H3. The molecule has 1 aromatic rings. The van der Waals surface area contributed by atoms with Crippen molar-refractivity contribution in [3.05, 3.63) is 39.9 Å². The third-order valence-corrected chi connectivity index (χ3v) is 2.98. The van der Waals surface area contributed by atoms with Gasteiger partial charge in [0.2, 0.25) is 0 Å². The third-order valence-electron chi connectivity index (χ3n) is 2.73. The Morgan fingerprint density at radius 2 is 2.00 bits per heavy atom. The number of carbonyl (C=O) groups excluding carboxylic acids is 2. The maximum atomic E-state index is 11.9. The molecule has 0 bridgehead atoms. The molecule has 1 aromatic carbocycles. The monoisotopic (exact) mass is 293 g/mol. The Bertz CT molecular complexity index is 549. The Morgan fingerprint density at radius 3 is 2.59 bits per heavy atom. The highest BCUT2D eigenvalue weighted by molar-refractivity contribution is 9.11. The quantitative estimate of drug-likeness (QED) is 0.787. The number of benzene rings is 1. The maximum Gasteiger partial charge on any atom is 0.299 e. The smallest absolute Gasteiger partial charge is 0.299 e. The third kappa shape index (κ3) is 1.93. The summed E-state index contributed by atoms with van der Waals surface area (Å²) in [6.07, 6.45) is 0. The summed E-state index contributed by atoms with van der Waals surface area (Å²) >= 11 is 3.22. The number of nitrogens with zero attached hydrogens (tertiary/aromatic N) is 1. The van der Waals surface area contributed by atoms with Gasteiger partial charge >= 0.3 is 0 Å². The number of aryl methyl sites for hydroxylation is 2. The van der Waals surface area contributed by atoms with Crippen LogP contribution in [0.1, 0.15) is 21.5 Å². The summed E-state index contributed by atoms with van der Waals surface area (Å²) in [6.45, 7) is 7.85. The van der Waals surface area contributed by atoms with Crippen LogP contribution in [0.5, 0.6) is 0 Å². The summed E-state index contributed by atoms with van der Waals surface area (Å²) < 4.78 is 0.673. The molecule has 1 aliphatic rings. The Labute approximate surface area is 108 Å². The van der Waals surface area contributed by atoms with Gasteiger partial charge in [0.25, 0.3) is 11.7 Å². The lowest BCUT2D eigenvalue weighted by Crippen LogP contribution is -2.30. The second kappa shape index (κ2) is 4.11. The number of hydrogen-bond acceptors (Lipinski definition) is 2. The number of carbonyl (C=O) groups is 2. The molecule has 2 rings (SSSR count). The van der Waals surface area contributed by atoms with Crippen LogP contribution in [0.25, 0.3) is 0 Å². The molecule has 0 saturated heterocycles. The molecule has 0 spiro atoms. The van der Waals surface area contributed by atoms with Gasteiger partial charge < -0.3 is 0 Å². The SMILES string of the molecule is C=C(Br)CN1C(=O)C(=O)c2cc(C)cc(C)c21. The van der Waals surface area contributed by atoms with E-state index >= 15 is 0 Å². The molecule has 0 unspecified atom stereocenters. The van der Waals surface area contributed by atoms with Crippen LogP contribution in [0.4, 0.5) is 5.69 Å². The number of rotatable bonds is 2. The van der Waals surface area contributed by atoms with Crippen molar-refractivity contribution in [3.8, 4) is 0 Å². The predicted molar refractivity (Wildman–Crippen MR) is 70.7 cm³/mol. The summed E-state index contributed by atoms with van der Waals surface area (Å²) in [7, 11) is 0. The van der Waals surface area contributed by atoms with Crippen molar-refractivity contribution < 1.29 is 9.59 Å². The largest absolute Gasteiger partial charge is 0.300 e. The van der Waals surface area contributed by atoms with Gasteiger partial charge in [0.15, 0.2) is 0 Å². The average molecular weight is 294 g/mol. The summed E-state index contributed by atoms with van der Waals surface area (Å²) in [5.74, 6) is -0.908. The highest BCUT2D eigenvalue weighted by Gasteiger charge is 2.36. The zero-order valence-electron chi connectivity index (χ0n) is 9.71. The Hall–Kier alpha value is -1.42. The zero-order chi connectivity index (χ0) is 12.7. The summed E-state index contributed by atoms with van der Waals surface area (Å²) in [5.41, 5.74) is 3.14. The summed E-state index contributed by atoms with van der Waals surface area (Å²) in [5, 5.41) is 0. The lowest BCUT2D eigenvalue weighted by Gasteiger charge is -2.18. The fraction of sp³-hybridized carbons (Fsp3) is 0.231. The minimum absolute atomic E-state index is 0.321. The molecule has 4 heteroatoms. The fourth-order valence-corrected chi connectivity index (χ4v) is 2.40. The van der Waals surface area contributed by atoms with E-state index in [4.69, 9.17) is 0 Å². The first kappa shape index (κ1) is 12.0. The van der Waals surface area contributed by atoms with Crippen LogP contribution in [-0.2, 0) is 4.79 Å². The first-order chi connectivity index (χ1) is 7.91.